The van der Waals surface area contributed by atoms with Gasteiger partial charge in [-0.15, -0.1) is 0 Å². The Morgan fingerprint density at radius 2 is 2.04 bits per heavy atom. The van der Waals surface area contributed by atoms with E-state index in [1.165, 1.54) is 12.3 Å². The lowest BCUT2D eigenvalue weighted by Crippen LogP contribution is -2.29. The van der Waals surface area contributed by atoms with Gasteiger partial charge in [0.05, 0.1) is 23.0 Å². The van der Waals surface area contributed by atoms with Crippen LogP contribution in [0.4, 0.5) is 11.5 Å². The van der Waals surface area contributed by atoms with E-state index in [1.807, 2.05) is 20.8 Å². The molecular weight excluding hydrogens is 342 g/mol. The van der Waals surface area contributed by atoms with Crippen LogP contribution in [0.15, 0.2) is 18.5 Å². The van der Waals surface area contributed by atoms with Crippen molar-refractivity contribution in [3.05, 3.63) is 34.3 Å². The third-order valence-electron chi connectivity index (χ3n) is 3.36. The molecule has 2 rings (SSSR count). The molecule has 0 saturated heterocycles. The van der Waals surface area contributed by atoms with Gasteiger partial charge in [0.1, 0.15) is 6.54 Å². The predicted octanol–water partition coefficient (Wildman–Crippen LogP) is 1.03. The molecule has 140 valence electrons. The van der Waals surface area contributed by atoms with Gasteiger partial charge < -0.3 is 20.7 Å². The molecule has 0 aliphatic rings. The Bertz CT molecular complexity index is 809. The van der Waals surface area contributed by atoms with Crippen LogP contribution in [0, 0.1) is 16.0 Å². The minimum atomic E-state index is -0.642. The number of nitrogens with one attached hydrogen (secondary N) is 2. The molecule has 2 aromatic heterocycles. The quantitative estimate of drug-likeness (QED) is 0.531. The Labute approximate surface area is 149 Å². The normalized spacial score (nSPS) is 10.8. The maximum Gasteiger partial charge on any atom is 0.389 e. The zero-order chi connectivity index (χ0) is 19.3. The zero-order valence-electron chi connectivity index (χ0n) is 14.8. The van der Waals surface area contributed by atoms with Crippen molar-refractivity contribution in [3.63, 3.8) is 0 Å². The number of nitrogens with zero attached hydrogens (tertiary/aromatic N) is 5. The van der Waals surface area contributed by atoms with Crippen LogP contribution >= 0.6 is 0 Å². The van der Waals surface area contributed by atoms with E-state index in [2.05, 4.69) is 20.8 Å². The number of hydrogen-bond donors (Lipinski definition) is 2. The third-order valence-corrected chi connectivity index (χ3v) is 3.36. The number of rotatable bonds is 8. The first-order chi connectivity index (χ1) is 12.3. The van der Waals surface area contributed by atoms with E-state index in [4.69, 9.17) is 0 Å². The largest absolute Gasteiger partial charge is 0.389 e. The fourth-order valence-electron chi connectivity index (χ4n) is 2.10. The monoisotopic (exact) mass is 363 g/mol. The van der Waals surface area contributed by atoms with Crippen LogP contribution in [0.1, 0.15) is 31.3 Å². The number of nitro groups is 1. The lowest BCUT2D eigenvalue weighted by Gasteiger charge is -2.07. The number of carbonyl (C=O) groups is 2. The summed E-state index contributed by atoms with van der Waals surface area (Å²) in [5.74, 6) is -0.918. The Morgan fingerprint density at radius 3 is 2.62 bits per heavy atom. The van der Waals surface area contributed by atoms with E-state index >= 15 is 0 Å². The van der Waals surface area contributed by atoms with Gasteiger partial charge in [-0.05, 0) is 17.8 Å². The molecule has 0 atom stereocenters. The van der Waals surface area contributed by atoms with Crippen molar-refractivity contribution in [2.45, 2.75) is 33.9 Å². The topological polar surface area (TPSA) is 137 Å². The molecule has 0 radical (unpaired) electrons. The van der Waals surface area contributed by atoms with Gasteiger partial charge in [0, 0.05) is 19.3 Å². The summed E-state index contributed by atoms with van der Waals surface area (Å²) in [4.78, 5) is 34.5. The Kier molecular flexibility index (Phi) is 6.04. The first-order valence-corrected chi connectivity index (χ1v) is 8.13. The van der Waals surface area contributed by atoms with E-state index in [0.29, 0.717) is 13.1 Å². The van der Waals surface area contributed by atoms with Crippen LogP contribution in [-0.4, -0.2) is 42.8 Å². The van der Waals surface area contributed by atoms with E-state index in [-0.39, 0.29) is 35.6 Å². The van der Waals surface area contributed by atoms with Gasteiger partial charge in [-0.25, -0.2) is 0 Å². The van der Waals surface area contributed by atoms with E-state index in [1.54, 1.807) is 10.9 Å². The van der Waals surface area contributed by atoms with Gasteiger partial charge >= 0.3 is 5.82 Å². The summed E-state index contributed by atoms with van der Waals surface area (Å²) in [6, 6.07) is 1.20. The Balaban J connectivity index is 2.09. The van der Waals surface area contributed by atoms with Crippen molar-refractivity contribution in [1.29, 1.82) is 0 Å². The van der Waals surface area contributed by atoms with Crippen LogP contribution < -0.4 is 10.6 Å². The fourth-order valence-corrected chi connectivity index (χ4v) is 2.10. The zero-order valence-corrected chi connectivity index (χ0v) is 14.8. The summed E-state index contributed by atoms with van der Waals surface area (Å²) in [6.07, 6.45) is 2.90. The van der Waals surface area contributed by atoms with Crippen LogP contribution in [0.2, 0.25) is 0 Å². The summed E-state index contributed by atoms with van der Waals surface area (Å²) in [5, 5.41) is 23.8. The predicted molar refractivity (Wildman–Crippen MR) is 92.6 cm³/mol. The molecule has 0 fully saturated rings. The third kappa shape index (κ3) is 4.88. The van der Waals surface area contributed by atoms with Gasteiger partial charge in [-0.1, -0.05) is 13.8 Å². The molecule has 11 nitrogen and oxygen atoms in total. The summed E-state index contributed by atoms with van der Waals surface area (Å²) in [5.41, 5.74) is 0.395. The van der Waals surface area contributed by atoms with Gasteiger partial charge in [0.2, 0.25) is 5.91 Å². The minimum absolute atomic E-state index is 0.118. The number of aromatic nitrogens is 4. The van der Waals surface area contributed by atoms with E-state index in [0.717, 1.165) is 4.68 Å². The Hall–Kier alpha value is -3.24. The molecule has 0 aliphatic carbocycles. The molecule has 0 saturated carbocycles. The van der Waals surface area contributed by atoms with Crippen LogP contribution in [-0.2, 0) is 17.9 Å². The summed E-state index contributed by atoms with van der Waals surface area (Å²) in [6.45, 7) is 6.59. The first kappa shape index (κ1) is 19.1. The van der Waals surface area contributed by atoms with Gasteiger partial charge in [-0.3, -0.25) is 14.3 Å². The molecule has 26 heavy (non-hydrogen) atoms. The van der Waals surface area contributed by atoms with Crippen molar-refractivity contribution in [2.24, 2.45) is 5.92 Å². The molecule has 11 heteroatoms. The number of carbonyl (C=O) groups excluding carboxylic acids is 2. The average molecular weight is 363 g/mol. The lowest BCUT2D eigenvalue weighted by atomic mass is 10.2. The molecule has 0 spiro atoms. The van der Waals surface area contributed by atoms with E-state index in [9.17, 15) is 19.7 Å². The molecule has 2 heterocycles. The van der Waals surface area contributed by atoms with Crippen LogP contribution in [0.25, 0.3) is 0 Å². The minimum Gasteiger partial charge on any atom is -0.358 e. The Morgan fingerprint density at radius 1 is 1.31 bits per heavy atom. The highest BCUT2D eigenvalue weighted by Gasteiger charge is 2.20. The molecule has 0 aliphatic heterocycles. The van der Waals surface area contributed by atoms with E-state index < -0.39 is 10.8 Å². The average Bonchev–Trinajstić information content (AvgIpc) is 3.19. The van der Waals surface area contributed by atoms with Crippen molar-refractivity contribution < 1.29 is 14.5 Å². The maximum absolute atomic E-state index is 12.3. The molecule has 0 aromatic carbocycles. The van der Waals surface area contributed by atoms with Gasteiger partial charge in [0.15, 0.2) is 5.69 Å². The second kappa shape index (κ2) is 8.23. The van der Waals surface area contributed by atoms with Crippen molar-refractivity contribution in [1.82, 2.24) is 24.9 Å². The first-order valence-electron chi connectivity index (χ1n) is 8.13. The highest BCUT2D eigenvalue weighted by molar-refractivity contribution is 6.02. The second-order valence-electron chi connectivity index (χ2n) is 6.03. The number of anilines is 1. The summed E-state index contributed by atoms with van der Waals surface area (Å²) >= 11 is 0. The van der Waals surface area contributed by atoms with Crippen molar-refractivity contribution >= 4 is 23.3 Å². The SMILES string of the molecule is CCn1cc(NC(=O)Cn2ccc([N+](=O)[O-])n2)c(C(=O)NCC(C)C)n1. The highest BCUT2D eigenvalue weighted by atomic mass is 16.6. The summed E-state index contributed by atoms with van der Waals surface area (Å²) < 4.78 is 2.69. The molecular formula is C15H21N7O4. The van der Waals surface area contributed by atoms with Crippen molar-refractivity contribution in [2.75, 3.05) is 11.9 Å². The summed E-state index contributed by atoms with van der Waals surface area (Å²) in [7, 11) is 0. The van der Waals surface area contributed by atoms with Gasteiger partial charge in [-0.2, -0.15) is 9.78 Å². The molecule has 2 N–H and O–H groups in total. The molecule has 2 amide bonds. The van der Waals surface area contributed by atoms with Crippen LogP contribution in [0.3, 0.4) is 0 Å². The van der Waals surface area contributed by atoms with Crippen LogP contribution in [0.5, 0.6) is 0 Å². The molecule has 2 aromatic rings. The smallest absolute Gasteiger partial charge is 0.358 e. The standard InChI is InChI=1S/C15H21N7O4/c1-4-20-8-11(14(19-20)15(24)16-7-10(2)3)17-13(23)9-21-6-5-12(18-21)22(25)26/h5-6,8,10H,4,7,9H2,1-3H3,(H,16,24)(H,17,23). The molecule has 0 bridgehead atoms. The lowest BCUT2D eigenvalue weighted by molar-refractivity contribution is -0.389. The highest BCUT2D eigenvalue weighted by Crippen LogP contribution is 2.14. The number of aryl methyl sites for hydroxylation is 1. The van der Waals surface area contributed by atoms with Gasteiger partial charge in [0.25, 0.3) is 5.91 Å². The number of hydrogen-bond acceptors (Lipinski definition) is 6. The molecule has 0 unspecified atom stereocenters. The second-order valence-corrected chi connectivity index (χ2v) is 6.03. The maximum atomic E-state index is 12.3. The number of amides is 2. The fraction of sp³-hybridized carbons (Fsp3) is 0.467. The van der Waals surface area contributed by atoms with Crippen molar-refractivity contribution in [3.8, 4) is 0 Å².